The number of nitrogens with zero attached hydrogens (tertiary/aromatic N) is 1. The lowest BCUT2D eigenvalue weighted by Crippen LogP contribution is -2.30. The first kappa shape index (κ1) is 17.5. The molecule has 3 aromatic rings. The number of carbonyl (C=O) groups excluding carboxylic acids is 1. The molecule has 0 spiro atoms. The Morgan fingerprint density at radius 3 is 2.78 bits per heavy atom. The van der Waals surface area contributed by atoms with Crippen LogP contribution in [0, 0.1) is 5.82 Å². The van der Waals surface area contributed by atoms with Gasteiger partial charge in [-0.15, -0.1) is 11.3 Å². The van der Waals surface area contributed by atoms with Gasteiger partial charge >= 0.3 is 0 Å². The molecule has 1 aromatic heterocycles. The zero-order valence-electron chi connectivity index (χ0n) is 14.7. The molecule has 0 saturated heterocycles. The standard InChI is InChI=1S/C22H19FN2OS/c23-18-8-5-16(6-9-18)7-10-22(26)24-19-3-1-2-4-20(19)25-13-11-21-17(15-25)12-14-27-21/h1-10,12,14H,11,13,15H2,(H,24,26). The fourth-order valence-corrected chi connectivity index (χ4v) is 4.12. The van der Waals surface area contributed by atoms with Crippen molar-refractivity contribution in [3.05, 3.63) is 87.9 Å². The van der Waals surface area contributed by atoms with Gasteiger partial charge in [-0.25, -0.2) is 4.39 Å². The van der Waals surface area contributed by atoms with E-state index < -0.39 is 0 Å². The average molecular weight is 378 g/mol. The average Bonchev–Trinajstić information content (AvgIpc) is 3.16. The lowest BCUT2D eigenvalue weighted by Gasteiger charge is -2.30. The second-order valence-electron chi connectivity index (χ2n) is 6.43. The van der Waals surface area contributed by atoms with Crippen molar-refractivity contribution in [1.29, 1.82) is 0 Å². The predicted molar refractivity (Wildman–Crippen MR) is 110 cm³/mol. The molecule has 4 rings (SSSR count). The number of nitrogens with one attached hydrogen (secondary N) is 1. The van der Waals surface area contributed by atoms with Crippen LogP contribution in [0.15, 0.2) is 66.1 Å². The Morgan fingerprint density at radius 1 is 1.11 bits per heavy atom. The largest absolute Gasteiger partial charge is 0.365 e. The van der Waals surface area contributed by atoms with Crippen molar-refractivity contribution in [3.63, 3.8) is 0 Å². The summed E-state index contributed by atoms with van der Waals surface area (Å²) in [7, 11) is 0. The van der Waals surface area contributed by atoms with Gasteiger partial charge in [0.1, 0.15) is 5.82 Å². The summed E-state index contributed by atoms with van der Waals surface area (Å²) in [5.41, 5.74) is 3.97. The zero-order valence-corrected chi connectivity index (χ0v) is 15.5. The first-order chi connectivity index (χ1) is 13.2. The lowest BCUT2D eigenvalue weighted by atomic mass is 10.1. The minimum Gasteiger partial charge on any atom is -0.365 e. The third-order valence-corrected chi connectivity index (χ3v) is 5.63. The number of amides is 1. The van der Waals surface area contributed by atoms with Crippen molar-refractivity contribution < 1.29 is 9.18 Å². The van der Waals surface area contributed by atoms with Gasteiger partial charge in [-0.1, -0.05) is 24.3 Å². The maximum absolute atomic E-state index is 13.0. The van der Waals surface area contributed by atoms with Crippen molar-refractivity contribution >= 4 is 34.7 Å². The minimum atomic E-state index is -0.291. The van der Waals surface area contributed by atoms with Crippen molar-refractivity contribution in [2.45, 2.75) is 13.0 Å². The predicted octanol–water partition coefficient (Wildman–Crippen LogP) is 5.10. The molecular weight excluding hydrogens is 359 g/mol. The first-order valence-corrected chi connectivity index (χ1v) is 9.71. The van der Waals surface area contributed by atoms with Crippen molar-refractivity contribution in [1.82, 2.24) is 0 Å². The second kappa shape index (κ2) is 7.76. The number of rotatable bonds is 4. The first-order valence-electron chi connectivity index (χ1n) is 8.83. The fourth-order valence-electron chi connectivity index (χ4n) is 3.23. The molecule has 1 N–H and O–H groups in total. The number of anilines is 2. The summed E-state index contributed by atoms with van der Waals surface area (Å²) in [5.74, 6) is -0.499. The number of thiophene rings is 1. The molecule has 136 valence electrons. The van der Waals surface area contributed by atoms with Crippen LogP contribution < -0.4 is 10.2 Å². The molecule has 0 atom stereocenters. The maximum atomic E-state index is 13.0. The van der Waals surface area contributed by atoms with Gasteiger partial charge in [0, 0.05) is 24.0 Å². The van der Waals surface area contributed by atoms with E-state index in [1.807, 2.05) is 35.6 Å². The Hall–Kier alpha value is -2.92. The van der Waals surface area contributed by atoms with E-state index in [1.54, 1.807) is 18.2 Å². The van der Waals surface area contributed by atoms with E-state index in [0.717, 1.165) is 36.4 Å². The Balaban J connectivity index is 1.48. The van der Waals surface area contributed by atoms with Crippen LogP contribution in [0.5, 0.6) is 0 Å². The monoisotopic (exact) mass is 378 g/mol. The third-order valence-electron chi connectivity index (χ3n) is 4.61. The molecule has 2 aromatic carbocycles. The van der Waals surface area contributed by atoms with E-state index in [1.165, 1.54) is 28.6 Å². The summed E-state index contributed by atoms with van der Waals surface area (Å²) >= 11 is 1.81. The summed E-state index contributed by atoms with van der Waals surface area (Å²) < 4.78 is 13.0. The number of benzene rings is 2. The highest BCUT2D eigenvalue weighted by atomic mass is 32.1. The van der Waals surface area contributed by atoms with Crippen LogP contribution in [0.3, 0.4) is 0 Å². The molecule has 0 bridgehead atoms. The Bertz CT molecular complexity index is 978. The number of halogens is 1. The summed E-state index contributed by atoms with van der Waals surface area (Å²) in [4.78, 5) is 16.1. The van der Waals surface area contributed by atoms with Crippen LogP contribution >= 0.6 is 11.3 Å². The van der Waals surface area contributed by atoms with Crippen LogP contribution in [-0.4, -0.2) is 12.5 Å². The molecule has 2 heterocycles. The van der Waals surface area contributed by atoms with Gasteiger partial charge in [-0.3, -0.25) is 4.79 Å². The molecule has 0 radical (unpaired) electrons. The smallest absolute Gasteiger partial charge is 0.248 e. The van der Waals surface area contributed by atoms with Gasteiger partial charge in [0.25, 0.3) is 0 Å². The quantitative estimate of drug-likeness (QED) is 0.641. The van der Waals surface area contributed by atoms with Gasteiger partial charge in [0.2, 0.25) is 5.91 Å². The highest BCUT2D eigenvalue weighted by Gasteiger charge is 2.19. The van der Waals surface area contributed by atoms with Crippen molar-refractivity contribution in [3.8, 4) is 0 Å². The number of fused-ring (bicyclic) bond motifs is 1. The molecule has 5 heteroatoms. The second-order valence-corrected chi connectivity index (χ2v) is 7.43. The topological polar surface area (TPSA) is 32.3 Å². The maximum Gasteiger partial charge on any atom is 0.248 e. The van der Waals surface area contributed by atoms with Gasteiger partial charge in [-0.2, -0.15) is 0 Å². The number of hydrogen-bond acceptors (Lipinski definition) is 3. The van der Waals surface area contributed by atoms with E-state index in [-0.39, 0.29) is 11.7 Å². The van der Waals surface area contributed by atoms with Gasteiger partial charge in [-0.05, 0) is 59.3 Å². The summed E-state index contributed by atoms with van der Waals surface area (Å²) in [6.45, 7) is 1.79. The molecule has 1 aliphatic rings. The summed E-state index contributed by atoms with van der Waals surface area (Å²) in [6, 6.07) is 16.1. The van der Waals surface area contributed by atoms with Gasteiger partial charge < -0.3 is 10.2 Å². The zero-order chi connectivity index (χ0) is 18.6. The minimum absolute atomic E-state index is 0.208. The van der Waals surface area contributed by atoms with Crippen LogP contribution in [0.1, 0.15) is 16.0 Å². The Kier molecular flexibility index (Phi) is 5.03. The van der Waals surface area contributed by atoms with E-state index in [4.69, 9.17) is 0 Å². The molecule has 0 unspecified atom stereocenters. The Labute approximate surface area is 161 Å². The summed E-state index contributed by atoms with van der Waals surface area (Å²) in [5, 5.41) is 5.11. The molecule has 1 amide bonds. The van der Waals surface area contributed by atoms with E-state index in [2.05, 4.69) is 21.7 Å². The summed E-state index contributed by atoms with van der Waals surface area (Å²) in [6.07, 6.45) is 4.17. The highest BCUT2D eigenvalue weighted by Crippen LogP contribution is 2.32. The van der Waals surface area contributed by atoms with Crippen molar-refractivity contribution in [2.24, 2.45) is 0 Å². The van der Waals surface area contributed by atoms with Crippen molar-refractivity contribution in [2.75, 3.05) is 16.8 Å². The van der Waals surface area contributed by atoms with E-state index >= 15 is 0 Å². The van der Waals surface area contributed by atoms with Crippen LogP contribution in [0.2, 0.25) is 0 Å². The molecule has 3 nitrogen and oxygen atoms in total. The normalized spacial score (nSPS) is 13.6. The van der Waals surface area contributed by atoms with E-state index in [9.17, 15) is 9.18 Å². The highest BCUT2D eigenvalue weighted by molar-refractivity contribution is 7.10. The lowest BCUT2D eigenvalue weighted by molar-refractivity contribution is -0.111. The van der Waals surface area contributed by atoms with E-state index in [0.29, 0.717) is 0 Å². The molecule has 0 fully saturated rings. The number of para-hydroxylation sites is 2. The van der Waals surface area contributed by atoms with Crippen LogP contribution in [-0.2, 0) is 17.8 Å². The molecule has 0 aliphatic carbocycles. The number of carbonyl (C=O) groups is 1. The van der Waals surface area contributed by atoms with Gasteiger partial charge in [0.05, 0.1) is 11.4 Å². The van der Waals surface area contributed by atoms with Gasteiger partial charge in [0.15, 0.2) is 0 Å². The van der Waals surface area contributed by atoms with Crippen LogP contribution in [0.25, 0.3) is 6.08 Å². The number of hydrogen-bond donors (Lipinski definition) is 1. The fraction of sp³-hybridized carbons (Fsp3) is 0.136. The molecule has 1 aliphatic heterocycles. The van der Waals surface area contributed by atoms with Crippen LogP contribution in [0.4, 0.5) is 15.8 Å². The molecule has 27 heavy (non-hydrogen) atoms. The molecular formula is C22H19FN2OS. The molecule has 0 saturated carbocycles. The third kappa shape index (κ3) is 4.09. The Morgan fingerprint density at radius 2 is 1.93 bits per heavy atom. The SMILES string of the molecule is O=C(C=Cc1ccc(F)cc1)Nc1ccccc1N1CCc2sccc2C1.